The van der Waals surface area contributed by atoms with Crippen molar-refractivity contribution in [1.82, 2.24) is 0 Å². The van der Waals surface area contributed by atoms with Gasteiger partial charge >= 0.3 is 5.97 Å². The molecular weight excluding hydrogens is 292 g/mol. The molecule has 0 radical (unpaired) electrons. The van der Waals surface area contributed by atoms with Crippen LogP contribution < -0.4 is 9.47 Å². The molecule has 2 rings (SSSR count). The molecule has 110 valence electrons. The van der Waals surface area contributed by atoms with Gasteiger partial charge in [0, 0.05) is 5.02 Å². The topological polar surface area (TPSA) is 55.8 Å². The van der Waals surface area contributed by atoms with Crippen LogP contribution in [-0.2, 0) is 6.61 Å². The number of carboxylic acids is 1. The van der Waals surface area contributed by atoms with Crippen molar-refractivity contribution in [2.75, 3.05) is 6.61 Å². The molecule has 0 saturated carbocycles. The van der Waals surface area contributed by atoms with Gasteiger partial charge in [-0.2, -0.15) is 0 Å². The zero-order chi connectivity index (χ0) is 15.2. The lowest BCUT2D eigenvalue weighted by molar-refractivity contribution is 0.0691. The highest BCUT2D eigenvalue weighted by molar-refractivity contribution is 6.31. The van der Waals surface area contributed by atoms with Gasteiger partial charge in [0.25, 0.3) is 0 Å². The average Bonchev–Trinajstić information content (AvgIpc) is 2.47. The van der Waals surface area contributed by atoms with Crippen molar-refractivity contribution in [3.63, 3.8) is 0 Å². The first kappa shape index (κ1) is 15.2. The van der Waals surface area contributed by atoms with Crippen LogP contribution in [0, 0.1) is 0 Å². The number of ether oxygens (including phenoxy) is 2. The number of carbonyl (C=O) groups is 1. The lowest BCUT2D eigenvalue weighted by atomic mass is 10.2. The standard InChI is InChI=1S/C16H15ClO4/c1-2-20-13-6-3-11(4-7-13)10-21-15-8-5-12(17)9-14(15)16(18)19/h3-9H,2,10H2,1H3,(H,18,19). The smallest absolute Gasteiger partial charge is 0.339 e. The van der Waals surface area contributed by atoms with E-state index >= 15 is 0 Å². The van der Waals surface area contributed by atoms with Crippen LogP contribution in [0.2, 0.25) is 5.02 Å². The average molecular weight is 307 g/mol. The van der Waals surface area contributed by atoms with E-state index in [1.54, 1.807) is 12.1 Å². The molecule has 0 saturated heterocycles. The second-order valence-corrected chi connectivity index (χ2v) is 4.75. The first-order chi connectivity index (χ1) is 10.1. The fourth-order valence-corrected chi connectivity index (χ4v) is 1.98. The second kappa shape index (κ2) is 6.99. The molecule has 0 atom stereocenters. The SMILES string of the molecule is CCOc1ccc(COc2ccc(Cl)cc2C(=O)O)cc1. The van der Waals surface area contributed by atoms with E-state index in [-0.39, 0.29) is 12.2 Å². The van der Waals surface area contributed by atoms with Crippen molar-refractivity contribution in [3.05, 3.63) is 58.6 Å². The van der Waals surface area contributed by atoms with Gasteiger partial charge in [0.1, 0.15) is 23.7 Å². The van der Waals surface area contributed by atoms with E-state index in [2.05, 4.69) is 0 Å². The molecule has 0 aliphatic rings. The minimum atomic E-state index is -1.07. The van der Waals surface area contributed by atoms with Gasteiger partial charge in [-0.05, 0) is 42.8 Å². The minimum absolute atomic E-state index is 0.0495. The van der Waals surface area contributed by atoms with Crippen molar-refractivity contribution >= 4 is 17.6 Å². The maximum atomic E-state index is 11.1. The molecule has 0 aromatic heterocycles. The molecule has 0 spiro atoms. The molecule has 0 unspecified atom stereocenters. The molecular formula is C16H15ClO4. The summed E-state index contributed by atoms with van der Waals surface area (Å²) in [6, 6.07) is 12.0. The summed E-state index contributed by atoms with van der Waals surface area (Å²) >= 11 is 5.79. The Balaban J connectivity index is 2.07. The quantitative estimate of drug-likeness (QED) is 0.876. The summed E-state index contributed by atoms with van der Waals surface area (Å²) in [7, 11) is 0. The summed E-state index contributed by atoms with van der Waals surface area (Å²) in [5, 5.41) is 9.49. The number of rotatable bonds is 6. The van der Waals surface area contributed by atoms with Crippen LogP contribution in [0.3, 0.4) is 0 Å². The Morgan fingerprint density at radius 3 is 2.48 bits per heavy atom. The van der Waals surface area contributed by atoms with Gasteiger partial charge in [-0.3, -0.25) is 0 Å². The molecule has 0 aliphatic carbocycles. The summed E-state index contributed by atoms with van der Waals surface area (Å²) in [6.45, 7) is 2.81. The number of halogens is 1. The summed E-state index contributed by atoms with van der Waals surface area (Å²) in [5.74, 6) is 0.0129. The largest absolute Gasteiger partial charge is 0.494 e. The first-order valence-corrected chi connectivity index (χ1v) is 6.85. The number of hydrogen-bond acceptors (Lipinski definition) is 3. The third kappa shape index (κ3) is 4.13. The first-order valence-electron chi connectivity index (χ1n) is 6.47. The van der Waals surface area contributed by atoms with Crippen LogP contribution >= 0.6 is 11.6 Å². The van der Waals surface area contributed by atoms with Gasteiger partial charge in [-0.1, -0.05) is 23.7 Å². The Labute approximate surface area is 127 Å². The molecule has 4 nitrogen and oxygen atoms in total. The molecule has 0 fully saturated rings. The summed E-state index contributed by atoms with van der Waals surface area (Å²) < 4.78 is 10.9. The van der Waals surface area contributed by atoms with Crippen LogP contribution in [0.25, 0.3) is 0 Å². The van der Waals surface area contributed by atoms with Gasteiger partial charge in [0.15, 0.2) is 0 Å². The van der Waals surface area contributed by atoms with E-state index in [1.165, 1.54) is 6.07 Å². The Kier molecular flexibility index (Phi) is 5.06. The highest BCUT2D eigenvalue weighted by Gasteiger charge is 2.12. The number of benzene rings is 2. The zero-order valence-electron chi connectivity index (χ0n) is 11.5. The van der Waals surface area contributed by atoms with Crippen molar-refractivity contribution in [3.8, 4) is 11.5 Å². The molecule has 1 N–H and O–H groups in total. The van der Waals surface area contributed by atoms with Crippen LogP contribution in [0.4, 0.5) is 0 Å². The Morgan fingerprint density at radius 1 is 1.14 bits per heavy atom. The van der Waals surface area contributed by atoms with Crippen molar-refractivity contribution in [2.24, 2.45) is 0 Å². The fourth-order valence-electron chi connectivity index (χ4n) is 1.80. The fraction of sp³-hybridized carbons (Fsp3) is 0.188. The normalized spacial score (nSPS) is 10.2. The summed E-state index contributed by atoms with van der Waals surface area (Å²) in [6.07, 6.45) is 0. The van der Waals surface area contributed by atoms with Crippen molar-refractivity contribution in [2.45, 2.75) is 13.5 Å². The molecule has 5 heteroatoms. The maximum absolute atomic E-state index is 11.1. The highest BCUT2D eigenvalue weighted by atomic mass is 35.5. The minimum Gasteiger partial charge on any atom is -0.494 e. The molecule has 0 amide bonds. The third-order valence-electron chi connectivity index (χ3n) is 2.80. The third-order valence-corrected chi connectivity index (χ3v) is 3.04. The van der Waals surface area contributed by atoms with E-state index in [1.807, 2.05) is 31.2 Å². The molecule has 21 heavy (non-hydrogen) atoms. The lowest BCUT2D eigenvalue weighted by Gasteiger charge is -2.10. The molecule has 0 heterocycles. The second-order valence-electron chi connectivity index (χ2n) is 4.31. The number of carboxylic acid groups (broad SMARTS) is 1. The van der Waals surface area contributed by atoms with Crippen LogP contribution in [0.5, 0.6) is 11.5 Å². The summed E-state index contributed by atoms with van der Waals surface area (Å²) in [4.78, 5) is 11.1. The van der Waals surface area contributed by atoms with Crippen molar-refractivity contribution in [1.29, 1.82) is 0 Å². The molecule has 0 bridgehead atoms. The molecule has 2 aromatic carbocycles. The highest BCUT2D eigenvalue weighted by Crippen LogP contribution is 2.24. The van der Waals surface area contributed by atoms with E-state index in [4.69, 9.17) is 26.2 Å². The predicted octanol–water partition coefficient (Wildman–Crippen LogP) is 4.02. The lowest BCUT2D eigenvalue weighted by Crippen LogP contribution is -2.03. The van der Waals surface area contributed by atoms with Crippen molar-refractivity contribution < 1.29 is 19.4 Å². The van der Waals surface area contributed by atoms with Gasteiger partial charge in [-0.25, -0.2) is 4.79 Å². The van der Waals surface area contributed by atoms with Gasteiger partial charge in [0.2, 0.25) is 0 Å². The van der Waals surface area contributed by atoms with E-state index < -0.39 is 5.97 Å². The van der Waals surface area contributed by atoms with Gasteiger partial charge in [-0.15, -0.1) is 0 Å². The zero-order valence-corrected chi connectivity index (χ0v) is 12.3. The number of hydrogen-bond donors (Lipinski definition) is 1. The van der Waals surface area contributed by atoms with E-state index in [9.17, 15) is 4.79 Å². The predicted molar refractivity (Wildman–Crippen MR) is 80.4 cm³/mol. The van der Waals surface area contributed by atoms with Crippen LogP contribution in [0.1, 0.15) is 22.8 Å². The summed E-state index contributed by atoms with van der Waals surface area (Å²) in [5.41, 5.74) is 0.971. The Bertz CT molecular complexity index is 623. The van der Waals surface area contributed by atoms with Crippen LogP contribution in [-0.4, -0.2) is 17.7 Å². The molecule has 2 aromatic rings. The van der Waals surface area contributed by atoms with Gasteiger partial charge < -0.3 is 14.6 Å². The van der Waals surface area contributed by atoms with E-state index in [0.29, 0.717) is 17.4 Å². The maximum Gasteiger partial charge on any atom is 0.339 e. The van der Waals surface area contributed by atoms with Gasteiger partial charge in [0.05, 0.1) is 6.61 Å². The van der Waals surface area contributed by atoms with E-state index in [0.717, 1.165) is 11.3 Å². The Hall–Kier alpha value is -2.20. The van der Waals surface area contributed by atoms with Crippen LogP contribution in [0.15, 0.2) is 42.5 Å². The molecule has 0 aliphatic heterocycles. The Morgan fingerprint density at radius 2 is 1.86 bits per heavy atom. The number of aromatic carboxylic acids is 1. The monoisotopic (exact) mass is 306 g/mol.